The molecule has 0 heterocycles. The average molecular weight is 318 g/mol. The molecule has 0 saturated carbocycles. The molecule has 7 heteroatoms. The molecular formula is C16H15FN2O4. The highest BCUT2D eigenvalue weighted by molar-refractivity contribution is 6.06. The highest BCUT2D eigenvalue weighted by atomic mass is 19.1. The number of nitriles is 1. The van der Waals surface area contributed by atoms with Crippen LogP contribution in [0.2, 0.25) is 0 Å². The minimum Gasteiger partial charge on any atom is -0.458 e. The van der Waals surface area contributed by atoms with Gasteiger partial charge in [0.15, 0.2) is 18.2 Å². The number of esters is 1. The van der Waals surface area contributed by atoms with Gasteiger partial charge in [0, 0.05) is 17.7 Å². The van der Waals surface area contributed by atoms with Crippen LogP contribution >= 0.6 is 0 Å². The van der Waals surface area contributed by atoms with E-state index in [4.69, 9.17) is 15.4 Å². The van der Waals surface area contributed by atoms with Crippen LogP contribution in [0, 0.1) is 28.5 Å². The maximum atomic E-state index is 12.7. The van der Waals surface area contributed by atoms with Gasteiger partial charge < -0.3 is 10.1 Å². The number of nitrogens with zero attached hydrogens (tertiary/aromatic N) is 1. The van der Waals surface area contributed by atoms with Crippen LogP contribution in [0.5, 0.6) is 0 Å². The van der Waals surface area contributed by atoms with Crippen LogP contribution in [0.15, 0.2) is 24.3 Å². The molecule has 0 aliphatic rings. The zero-order valence-electron chi connectivity index (χ0n) is 12.5. The molecule has 0 spiro atoms. The highest BCUT2D eigenvalue weighted by Crippen LogP contribution is 2.08. The highest BCUT2D eigenvalue weighted by Gasteiger charge is 2.21. The third-order valence-corrected chi connectivity index (χ3v) is 2.98. The van der Waals surface area contributed by atoms with Gasteiger partial charge in [0.25, 0.3) is 0 Å². The lowest BCUT2D eigenvalue weighted by atomic mass is 10.0. The molecule has 1 N–H and O–H groups in total. The number of nitrogens with one attached hydrogen (secondary N) is 1. The van der Waals surface area contributed by atoms with Crippen LogP contribution in [0.1, 0.15) is 30.1 Å². The molecule has 0 aromatic heterocycles. The summed E-state index contributed by atoms with van der Waals surface area (Å²) in [5, 5.41) is 16.0. The second-order valence-corrected chi connectivity index (χ2v) is 4.80. The number of rotatable bonds is 8. The van der Waals surface area contributed by atoms with E-state index in [9.17, 15) is 18.8 Å². The van der Waals surface area contributed by atoms with Crippen molar-refractivity contribution in [1.82, 2.24) is 0 Å². The average Bonchev–Trinajstić information content (AvgIpc) is 2.51. The topological polar surface area (TPSA) is 108 Å². The number of carbonyl (C=O) groups is 3. The van der Waals surface area contributed by atoms with Crippen LogP contribution in [0.3, 0.4) is 0 Å². The third-order valence-electron chi connectivity index (χ3n) is 2.98. The standard InChI is InChI=1S/C16H15FN2O4/c1-10(19)13(8-18)15(21)9-23-16(22)7-6-14(20)11-2-4-12(17)5-3-11/h2-5,13,19H,6-7,9H2,1H3. The normalized spacial score (nSPS) is 11.2. The lowest BCUT2D eigenvalue weighted by Gasteiger charge is -2.07. The summed E-state index contributed by atoms with van der Waals surface area (Å²) in [4.78, 5) is 34.8. The number of hydrogen-bond acceptors (Lipinski definition) is 6. The van der Waals surface area contributed by atoms with E-state index in [0.717, 1.165) is 12.1 Å². The van der Waals surface area contributed by atoms with Crippen LogP contribution < -0.4 is 0 Å². The maximum absolute atomic E-state index is 12.7. The number of halogens is 1. The SMILES string of the molecule is CC(=N)C(C#N)C(=O)COC(=O)CCC(=O)c1ccc(F)cc1. The molecule has 0 bridgehead atoms. The van der Waals surface area contributed by atoms with E-state index in [2.05, 4.69) is 0 Å². The minimum absolute atomic E-state index is 0.125. The van der Waals surface area contributed by atoms with Crippen molar-refractivity contribution < 1.29 is 23.5 Å². The van der Waals surface area contributed by atoms with Gasteiger partial charge >= 0.3 is 5.97 Å². The monoisotopic (exact) mass is 318 g/mol. The maximum Gasteiger partial charge on any atom is 0.306 e. The Hall–Kier alpha value is -2.88. The summed E-state index contributed by atoms with van der Waals surface area (Å²) in [7, 11) is 0. The first-order chi connectivity index (χ1) is 10.8. The predicted octanol–water partition coefficient (Wildman–Crippen LogP) is 2.08. The number of ketones is 2. The molecular weight excluding hydrogens is 303 g/mol. The Bertz CT molecular complexity index is 662. The molecule has 0 saturated heterocycles. The Morgan fingerprint density at radius 1 is 1.26 bits per heavy atom. The largest absolute Gasteiger partial charge is 0.458 e. The van der Waals surface area contributed by atoms with Gasteiger partial charge in [0.2, 0.25) is 0 Å². The van der Waals surface area contributed by atoms with Crippen molar-refractivity contribution in [1.29, 1.82) is 10.7 Å². The molecule has 120 valence electrons. The molecule has 0 amide bonds. The molecule has 0 aliphatic heterocycles. The second kappa shape index (κ2) is 8.54. The number of Topliss-reactive ketones (excluding diaryl/α,β-unsaturated/α-hetero) is 2. The van der Waals surface area contributed by atoms with Crippen molar-refractivity contribution in [3.63, 3.8) is 0 Å². The lowest BCUT2D eigenvalue weighted by Crippen LogP contribution is -2.25. The van der Waals surface area contributed by atoms with Crippen LogP contribution in [-0.4, -0.2) is 29.9 Å². The molecule has 1 aromatic carbocycles. The van der Waals surface area contributed by atoms with Crippen molar-refractivity contribution in [3.8, 4) is 6.07 Å². The van der Waals surface area contributed by atoms with Gasteiger partial charge in [-0.2, -0.15) is 5.26 Å². The Morgan fingerprint density at radius 2 is 1.87 bits per heavy atom. The van der Waals surface area contributed by atoms with Crippen molar-refractivity contribution in [2.75, 3.05) is 6.61 Å². The van der Waals surface area contributed by atoms with Gasteiger partial charge in [0.05, 0.1) is 12.5 Å². The van der Waals surface area contributed by atoms with Crippen LogP contribution in [-0.2, 0) is 14.3 Å². The smallest absolute Gasteiger partial charge is 0.306 e. The third kappa shape index (κ3) is 5.79. The summed E-state index contributed by atoms with van der Waals surface area (Å²) in [5.41, 5.74) is 0.152. The van der Waals surface area contributed by atoms with Crippen LogP contribution in [0.4, 0.5) is 4.39 Å². The second-order valence-electron chi connectivity index (χ2n) is 4.80. The summed E-state index contributed by atoms with van der Waals surface area (Å²) in [6.45, 7) is 0.701. The van der Waals surface area contributed by atoms with E-state index in [1.807, 2.05) is 0 Å². The van der Waals surface area contributed by atoms with E-state index >= 15 is 0 Å². The Balaban J connectivity index is 2.41. The Morgan fingerprint density at radius 3 is 2.39 bits per heavy atom. The summed E-state index contributed by atoms with van der Waals surface area (Å²) in [6.07, 6.45) is -0.367. The van der Waals surface area contributed by atoms with Crippen LogP contribution in [0.25, 0.3) is 0 Å². The van der Waals surface area contributed by atoms with E-state index in [1.165, 1.54) is 19.1 Å². The van der Waals surface area contributed by atoms with E-state index in [0.29, 0.717) is 0 Å². The van der Waals surface area contributed by atoms with Crippen molar-refractivity contribution in [2.24, 2.45) is 5.92 Å². The lowest BCUT2D eigenvalue weighted by molar-refractivity contribution is -0.148. The van der Waals surface area contributed by atoms with E-state index < -0.39 is 30.1 Å². The predicted molar refractivity (Wildman–Crippen MR) is 78.4 cm³/mol. The van der Waals surface area contributed by atoms with Gasteiger partial charge in [-0.25, -0.2) is 4.39 Å². The van der Waals surface area contributed by atoms with Crippen molar-refractivity contribution >= 4 is 23.2 Å². The number of hydrogen-bond donors (Lipinski definition) is 1. The van der Waals surface area contributed by atoms with Gasteiger partial charge in [0.1, 0.15) is 11.7 Å². The molecule has 1 rings (SSSR count). The minimum atomic E-state index is -1.23. The Labute approximate surface area is 132 Å². The van der Waals surface area contributed by atoms with Gasteiger partial charge in [-0.15, -0.1) is 0 Å². The molecule has 0 radical (unpaired) electrons. The van der Waals surface area contributed by atoms with E-state index in [1.54, 1.807) is 6.07 Å². The summed E-state index contributed by atoms with van der Waals surface area (Å²) in [6, 6.07) is 6.57. The fourth-order valence-corrected chi connectivity index (χ4v) is 1.71. The summed E-state index contributed by atoms with van der Waals surface area (Å²) < 4.78 is 17.4. The first-order valence-corrected chi connectivity index (χ1v) is 6.77. The molecule has 0 aliphatic carbocycles. The first-order valence-electron chi connectivity index (χ1n) is 6.77. The zero-order valence-corrected chi connectivity index (χ0v) is 12.5. The number of carbonyl (C=O) groups excluding carboxylic acids is 3. The quantitative estimate of drug-likeness (QED) is 0.448. The molecule has 23 heavy (non-hydrogen) atoms. The van der Waals surface area contributed by atoms with Crippen molar-refractivity contribution in [2.45, 2.75) is 19.8 Å². The van der Waals surface area contributed by atoms with Gasteiger partial charge in [-0.3, -0.25) is 14.4 Å². The summed E-state index contributed by atoms with van der Waals surface area (Å²) >= 11 is 0. The molecule has 1 aromatic rings. The molecule has 0 fully saturated rings. The van der Waals surface area contributed by atoms with Crippen molar-refractivity contribution in [3.05, 3.63) is 35.6 Å². The molecule has 1 unspecified atom stereocenters. The fraction of sp³-hybridized carbons (Fsp3) is 0.312. The Kier molecular flexibility index (Phi) is 6.74. The van der Waals surface area contributed by atoms with Gasteiger partial charge in [-0.05, 0) is 31.2 Å². The molecule has 1 atom stereocenters. The van der Waals surface area contributed by atoms with E-state index in [-0.39, 0.29) is 29.9 Å². The number of ether oxygens (including phenoxy) is 1. The summed E-state index contributed by atoms with van der Waals surface area (Å²) in [5.74, 6) is -3.48. The number of benzene rings is 1. The zero-order chi connectivity index (χ0) is 17.4. The van der Waals surface area contributed by atoms with Gasteiger partial charge in [-0.1, -0.05) is 0 Å². The molecule has 6 nitrogen and oxygen atoms in total. The fourth-order valence-electron chi connectivity index (χ4n) is 1.71. The first kappa shape index (κ1) is 18.2.